The van der Waals surface area contributed by atoms with E-state index >= 15 is 0 Å². The van der Waals surface area contributed by atoms with Crippen LogP contribution in [0.4, 0.5) is 5.69 Å². The van der Waals surface area contributed by atoms with Gasteiger partial charge in [-0.3, -0.25) is 0 Å². The van der Waals surface area contributed by atoms with Crippen molar-refractivity contribution in [1.29, 1.82) is 0 Å². The summed E-state index contributed by atoms with van der Waals surface area (Å²) < 4.78 is 24.6. The largest absolute Gasteiger partial charge is 0.367 e. The molecule has 0 spiro atoms. The van der Waals surface area contributed by atoms with E-state index in [1.165, 1.54) is 0 Å². The predicted molar refractivity (Wildman–Crippen MR) is 82.0 cm³/mol. The number of hydrogen-bond acceptors (Lipinski definition) is 3. The number of alkyl halides is 1. The van der Waals surface area contributed by atoms with Crippen molar-refractivity contribution in [3.05, 3.63) is 24.3 Å². The van der Waals surface area contributed by atoms with Gasteiger partial charge in [0.05, 0.1) is 16.3 Å². The van der Waals surface area contributed by atoms with Crippen molar-refractivity contribution < 1.29 is 8.42 Å². The third-order valence-electron chi connectivity index (χ3n) is 2.93. The number of rotatable bonds is 7. The Balaban J connectivity index is 3.28. The van der Waals surface area contributed by atoms with Crippen molar-refractivity contribution in [2.45, 2.75) is 38.1 Å². The molecule has 0 bridgehead atoms. The summed E-state index contributed by atoms with van der Waals surface area (Å²) in [5.74, 6) is 0.650. The fourth-order valence-electron chi connectivity index (χ4n) is 2.08. The monoisotopic (exact) mass is 303 g/mol. The second-order valence-electron chi connectivity index (χ2n) is 4.76. The van der Waals surface area contributed by atoms with Crippen molar-refractivity contribution in [2.24, 2.45) is 0 Å². The van der Waals surface area contributed by atoms with E-state index < -0.39 is 9.84 Å². The lowest BCUT2D eigenvalue weighted by molar-refractivity contribution is 0.593. The van der Waals surface area contributed by atoms with E-state index in [0.717, 1.165) is 5.69 Å². The summed E-state index contributed by atoms with van der Waals surface area (Å²) in [5, 5.41) is 0. The van der Waals surface area contributed by atoms with Gasteiger partial charge in [0.15, 0.2) is 9.84 Å². The zero-order valence-corrected chi connectivity index (χ0v) is 13.3. The molecule has 5 heteroatoms. The minimum absolute atomic E-state index is 0.177. The van der Waals surface area contributed by atoms with Crippen LogP contribution in [0.25, 0.3) is 0 Å². The highest BCUT2D eigenvalue weighted by molar-refractivity contribution is 7.91. The van der Waals surface area contributed by atoms with Crippen LogP contribution in [-0.2, 0) is 9.84 Å². The number of sulfone groups is 1. The van der Waals surface area contributed by atoms with Crippen LogP contribution in [0.1, 0.15) is 27.2 Å². The Morgan fingerprint density at radius 3 is 2.42 bits per heavy atom. The summed E-state index contributed by atoms with van der Waals surface area (Å²) in [6.45, 7) is 6.59. The molecule has 0 unspecified atom stereocenters. The molecule has 0 atom stereocenters. The van der Waals surface area contributed by atoms with Crippen molar-refractivity contribution in [3.8, 4) is 0 Å². The van der Waals surface area contributed by atoms with Gasteiger partial charge >= 0.3 is 0 Å². The molecule has 0 fully saturated rings. The van der Waals surface area contributed by atoms with Crippen LogP contribution in [0.5, 0.6) is 0 Å². The van der Waals surface area contributed by atoms with E-state index in [-0.39, 0.29) is 11.8 Å². The molecule has 0 saturated heterocycles. The molecule has 0 N–H and O–H groups in total. The van der Waals surface area contributed by atoms with Gasteiger partial charge in [-0.2, -0.15) is 0 Å². The number of anilines is 1. The highest BCUT2D eigenvalue weighted by atomic mass is 35.5. The maximum Gasteiger partial charge on any atom is 0.180 e. The van der Waals surface area contributed by atoms with Crippen molar-refractivity contribution in [3.63, 3.8) is 0 Å². The normalized spacial score (nSPS) is 11.8. The van der Waals surface area contributed by atoms with Gasteiger partial charge in [0.1, 0.15) is 0 Å². The third-order valence-corrected chi connectivity index (χ3v) is 5.06. The fourth-order valence-corrected chi connectivity index (χ4v) is 3.81. The van der Waals surface area contributed by atoms with E-state index in [0.29, 0.717) is 23.7 Å². The molecule has 0 amide bonds. The van der Waals surface area contributed by atoms with E-state index in [9.17, 15) is 8.42 Å². The van der Waals surface area contributed by atoms with Crippen molar-refractivity contribution in [1.82, 2.24) is 0 Å². The Hall–Kier alpha value is -0.740. The first kappa shape index (κ1) is 16.3. The first-order valence-corrected chi connectivity index (χ1v) is 8.77. The van der Waals surface area contributed by atoms with E-state index in [4.69, 9.17) is 11.6 Å². The van der Waals surface area contributed by atoms with Crippen LogP contribution >= 0.6 is 11.6 Å². The molecule has 0 aromatic heterocycles. The summed E-state index contributed by atoms with van der Waals surface area (Å²) in [5.41, 5.74) is 0.756. The van der Waals surface area contributed by atoms with E-state index in [1.807, 2.05) is 37.8 Å². The summed E-state index contributed by atoms with van der Waals surface area (Å²) in [4.78, 5) is 2.45. The smallest absolute Gasteiger partial charge is 0.180 e. The maximum absolute atomic E-state index is 12.3. The first-order valence-electron chi connectivity index (χ1n) is 6.58. The summed E-state index contributed by atoms with van der Waals surface area (Å²) >= 11 is 5.83. The maximum atomic E-state index is 12.3. The molecular formula is C14H22ClNO2S. The number of nitrogens with zero attached hydrogens (tertiary/aromatic N) is 1. The molecule has 0 saturated carbocycles. The molecule has 1 rings (SSSR count). The Morgan fingerprint density at radius 2 is 1.89 bits per heavy atom. The predicted octanol–water partition coefficient (Wildman–Crippen LogP) is 3.32. The number of hydrogen-bond donors (Lipinski definition) is 0. The minimum Gasteiger partial charge on any atom is -0.367 e. The summed E-state index contributed by atoms with van der Waals surface area (Å²) in [7, 11) is -3.22. The van der Waals surface area contributed by atoms with E-state index in [2.05, 4.69) is 0 Å². The van der Waals surface area contributed by atoms with Gasteiger partial charge < -0.3 is 4.90 Å². The Kier molecular flexibility index (Phi) is 6.14. The molecule has 3 nitrogen and oxygen atoms in total. The zero-order valence-electron chi connectivity index (χ0n) is 11.8. The van der Waals surface area contributed by atoms with Gasteiger partial charge in [-0.25, -0.2) is 8.42 Å². The average Bonchev–Trinajstić information content (AvgIpc) is 2.35. The zero-order chi connectivity index (χ0) is 14.5. The molecule has 0 heterocycles. The Bertz CT molecular complexity index is 500. The second-order valence-corrected chi connectivity index (χ2v) is 7.22. The van der Waals surface area contributed by atoms with Gasteiger partial charge in [-0.1, -0.05) is 19.1 Å². The summed E-state index contributed by atoms with van der Waals surface area (Å²) in [6.07, 6.45) is 0.619. The molecule has 0 aliphatic heterocycles. The van der Waals surface area contributed by atoms with Gasteiger partial charge in [0, 0.05) is 18.5 Å². The molecule has 1 aromatic carbocycles. The van der Waals surface area contributed by atoms with Crippen LogP contribution in [0.15, 0.2) is 29.2 Å². The van der Waals surface area contributed by atoms with Crippen molar-refractivity contribution in [2.75, 3.05) is 23.1 Å². The van der Waals surface area contributed by atoms with Gasteiger partial charge in [-0.15, -0.1) is 11.6 Å². The van der Waals surface area contributed by atoms with Crippen LogP contribution < -0.4 is 4.90 Å². The standard InChI is InChI=1S/C14H22ClNO2S/c1-4-11-19(17,18)14-8-6-5-7-13(14)16(10-9-15)12(2)3/h5-8,12H,4,9-11H2,1-3H3. The number of benzene rings is 1. The van der Waals surface area contributed by atoms with Crippen LogP contribution in [0, 0.1) is 0 Å². The summed E-state index contributed by atoms with van der Waals surface area (Å²) in [6, 6.07) is 7.38. The lowest BCUT2D eigenvalue weighted by Gasteiger charge is -2.30. The fraction of sp³-hybridized carbons (Fsp3) is 0.571. The van der Waals surface area contributed by atoms with Gasteiger partial charge in [-0.05, 0) is 32.4 Å². The molecule has 0 aliphatic carbocycles. The molecule has 0 aliphatic rings. The topological polar surface area (TPSA) is 37.4 Å². The number of para-hydroxylation sites is 1. The highest BCUT2D eigenvalue weighted by Crippen LogP contribution is 2.27. The Labute approximate surface area is 121 Å². The van der Waals surface area contributed by atoms with Gasteiger partial charge in [0.2, 0.25) is 0 Å². The SMILES string of the molecule is CCCS(=O)(=O)c1ccccc1N(CCCl)C(C)C. The van der Waals surface area contributed by atoms with Crippen LogP contribution in [0.3, 0.4) is 0 Å². The molecular weight excluding hydrogens is 282 g/mol. The second kappa shape index (κ2) is 7.15. The lowest BCUT2D eigenvalue weighted by atomic mass is 10.2. The average molecular weight is 304 g/mol. The molecule has 19 heavy (non-hydrogen) atoms. The molecule has 1 aromatic rings. The first-order chi connectivity index (χ1) is 8.94. The lowest BCUT2D eigenvalue weighted by Crippen LogP contribution is -2.33. The number of halogens is 1. The molecule has 0 radical (unpaired) electrons. The molecule has 108 valence electrons. The third kappa shape index (κ3) is 4.11. The van der Waals surface area contributed by atoms with Gasteiger partial charge in [0.25, 0.3) is 0 Å². The minimum atomic E-state index is -3.22. The van der Waals surface area contributed by atoms with E-state index in [1.54, 1.807) is 12.1 Å². The Morgan fingerprint density at radius 1 is 1.26 bits per heavy atom. The highest BCUT2D eigenvalue weighted by Gasteiger charge is 2.21. The van der Waals surface area contributed by atoms with Crippen LogP contribution in [-0.4, -0.2) is 32.6 Å². The van der Waals surface area contributed by atoms with Crippen molar-refractivity contribution >= 4 is 27.1 Å². The quantitative estimate of drug-likeness (QED) is 0.725. The van der Waals surface area contributed by atoms with Crippen LogP contribution in [0.2, 0.25) is 0 Å².